The van der Waals surface area contributed by atoms with E-state index in [1.807, 2.05) is 43.5 Å². The standard InChI is InChI=1S/C37H51N7O7/c1-24(2)18-30-36(49)42-34(26(4)45)37(50)39-13-5-6-15-43(33(48)21-28-22-40-35-25(3)10-8-17-44(28)35)16-9-14-38-32(47)23-51-29-12-7-11-27(19-29)20-31(46)41-30/h7-8,10-12,17,19,22,24,26,30,34,45H,5-6,9,13-16,18,20-21,23H2,1-4H3,(H,38,47)(H,39,50)(H,41,46)(H,42,49)/t26-,30-,34+/m1/s1. The SMILES string of the molecule is Cc1cccn2c(CC(=O)N3CCCCNC(=O)[C@H]([C@@H](C)O)NC(=O)[C@@H](CC(C)C)NC(=O)Cc4cccc(c4)OCC(=O)NCCC3)cnc12. The molecule has 51 heavy (non-hydrogen) atoms. The van der Waals surface area contributed by atoms with E-state index < -0.39 is 35.9 Å². The second kappa shape index (κ2) is 18.9. The highest BCUT2D eigenvalue weighted by atomic mass is 16.5. The van der Waals surface area contributed by atoms with Gasteiger partial charge in [0.2, 0.25) is 23.6 Å². The number of hydrogen-bond donors (Lipinski definition) is 5. The van der Waals surface area contributed by atoms with Gasteiger partial charge in [-0.1, -0.05) is 32.0 Å². The van der Waals surface area contributed by atoms with E-state index in [0.717, 1.165) is 16.9 Å². The molecule has 0 fully saturated rings. The lowest BCUT2D eigenvalue weighted by Crippen LogP contribution is -2.57. The van der Waals surface area contributed by atoms with Crippen molar-refractivity contribution < 1.29 is 33.8 Å². The Hall–Kier alpha value is -4.98. The van der Waals surface area contributed by atoms with E-state index in [1.54, 1.807) is 35.4 Å². The molecule has 2 aromatic heterocycles. The Morgan fingerprint density at radius 2 is 1.73 bits per heavy atom. The number of aromatic nitrogens is 2. The average Bonchev–Trinajstić information content (AvgIpc) is 3.49. The highest BCUT2D eigenvalue weighted by Crippen LogP contribution is 2.15. The first-order valence-corrected chi connectivity index (χ1v) is 17.6. The molecule has 0 saturated carbocycles. The number of carbonyl (C=O) groups excluding carboxylic acids is 5. The summed E-state index contributed by atoms with van der Waals surface area (Å²) >= 11 is 0. The first-order valence-electron chi connectivity index (χ1n) is 17.6. The number of imidazole rings is 1. The fourth-order valence-corrected chi connectivity index (χ4v) is 5.95. The van der Waals surface area contributed by atoms with E-state index in [-0.39, 0.29) is 43.7 Å². The van der Waals surface area contributed by atoms with Gasteiger partial charge in [-0.3, -0.25) is 24.0 Å². The summed E-state index contributed by atoms with van der Waals surface area (Å²) in [5.41, 5.74) is 3.19. The number of fused-ring (bicyclic) bond motifs is 3. The third-order valence-electron chi connectivity index (χ3n) is 8.63. The smallest absolute Gasteiger partial charge is 0.257 e. The number of nitrogens with zero attached hydrogens (tertiary/aromatic N) is 3. The van der Waals surface area contributed by atoms with Gasteiger partial charge in [0.25, 0.3) is 5.91 Å². The number of aryl methyl sites for hydroxylation is 1. The summed E-state index contributed by atoms with van der Waals surface area (Å²) in [6, 6.07) is 8.51. The van der Waals surface area contributed by atoms with Gasteiger partial charge in [0.15, 0.2) is 6.61 Å². The van der Waals surface area contributed by atoms with Crippen molar-refractivity contribution in [3.8, 4) is 5.75 Å². The van der Waals surface area contributed by atoms with E-state index in [1.165, 1.54) is 6.92 Å². The van der Waals surface area contributed by atoms with Crippen LogP contribution in [-0.2, 0) is 36.8 Å². The van der Waals surface area contributed by atoms with Crippen LogP contribution in [0.5, 0.6) is 5.75 Å². The minimum absolute atomic E-state index is 0.0439. The van der Waals surface area contributed by atoms with Gasteiger partial charge in [-0.2, -0.15) is 0 Å². The molecule has 3 aromatic rings. The Bertz CT molecular complexity index is 1670. The summed E-state index contributed by atoms with van der Waals surface area (Å²) in [6.07, 6.45) is 4.44. The van der Waals surface area contributed by atoms with Crippen molar-refractivity contribution in [2.24, 2.45) is 5.92 Å². The maximum absolute atomic E-state index is 13.6. The third kappa shape index (κ3) is 11.8. The zero-order valence-corrected chi connectivity index (χ0v) is 29.9. The van der Waals surface area contributed by atoms with Gasteiger partial charge in [0, 0.05) is 38.6 Å². The fraction of sp³-hybridized carbons (Fsp3) is 0.514. The van der Waals surface area contributed by atoms with Crippen LogP contribution in [0.3, 0.4) is 0 Å². The lowest BCUT2D eigenvalue weighted by molar-refractivity contribution is -0.134. The molecule has 14 heteroatoms. The zero-order valence-electron chi connectivity index (χ0n) is 29.9. The monoisotopic (exact) mass is 705 g/mol. The van der Waals surface area contributed by atoms with Gasteiger partial charge in [0.05, 0.1) is 24.6 Å². The summed E-state index contributed by atoms with van der Waals surface area (Å²) in [4.78, 5) is 71.9. The lowest BCUT2D eigenvalue weighted by atomic mass is 10.0. The molecular weight excluding hydrogens is 654 g/mol. The Morgan fingerprint density at radius 3 is 2.49 bits per heavy atom. The summed E-state index contributed by atoms with van der Waals surface area (Å²) < 4.78 is 7.60. The maximum Gasteiger partial charge on any atom is 0.257 e. The molecule has 0 saturated heterocycles. The highest BCUT2D eigenvalue weighted by Gasteiger charge is 2.30. The van der Waals surface area contributed by atoms with E-state index >= 15 is 0 Å². The van der Waals surface area contributed by atoms with Crippen molar-refractivity contribution in [3.63, 3.8) is 0 Å². The number of amides is 5. The predicted octanol–water partition coefficient (Wildman–Crippen LogP) is 1.45. The van der Waals surface area contributed by atoms with Crippen LogP contribution in [-0.4, -0.2) is 99.9 Å². The second-order valence-electron chi connectivity index (χ2n) is 13.5. The van der Waals surface area contributed by atoms with Crippen molar-refractivity contribution >= 4 is 35.2 Å². The van der Waals surface area contributed by atoms with Gasteiger partial charge in [-0.25, -0.2) is 4.98 Å². The molecule has 1 aromatic carbocycles. The molecule has 1 aliphatic rings. The summed E-state index contributed by atoms with van der Waals surface area (Å²) in [7, 11) is 0. The number of carbonyl (C=O) groups is 5. The molecular formula is C37H51N7O7. The number of aliphatic hydroxyl groups is 1. The van der Waals surface area contributed by atoms with Gasteiger partial charge in [0.1, 0.15) is 23.5 Å². The van der Waals surface area contributed by atoms with Crippen molar-refractivity contribution in [2.45, 2.75) is 84.4 Å². The number of nitrogens with one attached hydrogen (secondary N) is 4. The van der Waals surface area contributed by atoms with Gasteiger partial charge in [-0.15, -0.1) is 0 Å². The molecule has 2 bridgehead atoms. The molecule has 5 amide bonds. The quantitative estimate of drug-likeness (QED) is 0.264. The molecule has 3 atom stereocenters. The first kappa shape index (κ1) is 38.8. The van der Waals surface area contributed by atoms with E-state index in [9.17, 15) is 29.1 Å². The number of benzene rings is 1. The van der Waals surface area contributed by atoms with Crippen molar-refractivity contribution in [2.75, 3.05) is 32.8 Å². The maximum atomic E-state index is 13.6. The van der Waals surface area contributed by atoms with Gasteiger partial charge >= 0.3 is 0 Å². The predicted molar refractivity (Wildman–Crippen MR) is 191 cm³/mol. The fourth-order valence-electron chi connectivity index (χ4n) is 5.95. The van der Waals surface area contributed by atoms with Crippen LogP contribution in [0.1, 0.15) is 63.3 Å². The molecule has 0 unspecified atom stereocenters. The molecule has 1 aliphatic heterocycles. The van der Waals surface area contributed by atoms with Crippen molar-refractivity contribution in [1.82, 2.24) is 35.6 Å². The molecule has 0 radical (unpaired) electrons. The van der Waals surface area contributed by atoms with E-state index in [0.29, 0.717) is 56.6 Å². The number of ether oxygens (including phenoxy) is 1. The van der Waals surface area contributed by atoms with Crippen molar-refractivity contribution in [1.29, 1.82) is 0 Å². The van der Waals surface area contributed by atoms with Crippen LogP contribution >= 0.6 is 0 Å². The van der Waals surface area contributed by atoms with Gasteiger partial charge in [-0.05, 0) is 74.8 Å². The molecule has 0 spiro atoms. The molecule has 5 N–H and O–H groups in total. The molecule has 3 heterocycles. The van der Waals surface area contributed by atoms with Crippen LogP contribution in [0.15, 0.2) is 48.8 Å². The van der Waals surface area contributed by atoms with Crippen LogP contribution in [0.25, 0.3) is 5.65 Å². The summed E-state index contributed by atoms with van der Waals surface area (Å²) in [5, 5.41) is 21.4. The normalized spacial score (nSPS) is 20.0. The van der Waals surface area contributed by atoms with Crippen LogP contribution < -0.4 is 26.0 Å². The Balaban J connectivity index is 1.48. The highest BCUT2D eigenvalue weighted by molar-refractivity contribution is 5.92. The number of aliphatic hydroxyl groups excluding tert-OH is 1. The lowest BCUT2D eigenvalue weighted by Gasteiger charge is -2.26. The Labute approximate surface area is 298 Å². The number of rotatable bonds is 5. The molecule has 14 nitrogen and oxygen atoms in total. The van der Waals surface area contributed by atoms with Crippen LogP contribution in [0.2, 0.25) is 0 Å². The Morgan fingerprint density at radius 1 is 0.961 bits per heavy atom. The third-order valence-corrected chi connectivity index (χ3v) is 8.63. The summed E-state index contributed by atoms with van der Waals surface area (Å²) in [5.74, 6) is -1.48. The minimum atomic E-state index is -1.23. The Kier molecular flexibility index (Phi) is 14.4. The van der Waals surface area contributed by atoms with Gasteiger partial charge < -0.3 is 40.4 Å². The van der Waals surface area contributed by atoms with Crippen LogP contribution in [0, 0.1) is 12.8 Å². The van der Waals surface area contributed by atoms with E-state index in [2.05, 4.69) is 26.3 Å². The average molecular weight is 706 g/mol. The van der Waals surface area contributed by atoms with E-state index in [4.69, 9.17) is 4.74 Å². The molecule has 276 valence electrons. The summed E-state index contributed by atoms with van der Waals surface area (Å²) in [6.45, 7) is 8.40. The number of pyridine rings is 1. The largest absolute Gasteiger partial charge is 0.484 e. The number of hydrogen-bond acceptors (Lipinski definition) is 8. The van der Waals surface area contributed by atoms with Crippen molar-refractivity contribution in [3.05, 3.63) is 65.6 Å². The topological polar surface area (TPSA) is 183 Å². The first-order chi connectivity index (χ1) is 24.4. The zero-order chi connectivity index (χ0) is 36.9. The minimum Gasteiger partial charge on any atom is -0.484 e. The van der Waals surface area contributed by atoms with Crippen LogP contribution in [0.4, 0.5) is 0 Å². The second-order valence-corrected chi connectivity index (χ2v) is 13.5. The molecule has 4 rings (SSSR count). The molecule has 0 aliphatic carbocycles.